The highest BCUT2D eigenvalue weighted by Crippen LogP contribution is 2.21. The van der Waals surface area contributed by atoms with Gasteiger partial charge in [-0.25, -0.2) is 4.98 Å². The van der Waals surface area contributed by atoms with Gasteiger partial charge in [0, 0.05) is 36.0 Å². The maximum Gasteiger partial charge on any atom is 0.217 e. The molecule has 2 N–H and O–H groups in total. The first kappa shape index (κ1) is 12.8. The smallest absolute Gasteiger partial charge is 0.217 e. The lowest BCUT2D eigenvalue weighted by molar-refractivity contribution is 0.0489. The number of halogens is 1. The van der Waals surface area contributed by atoms with Crippen molar-refractivity contribution in [1.82, 2.24) is 4.98 Å². The summed E-state index contributed by atoms with van der Waals surface area (Å²) < 4.78 is 12.0. The van der Waals surface area contributed by atoms with E-state index in [0.29, 0.717) is 24.9 Å². The molecule has 0 atom stereocenters. The highest BCUT2D eigenvalue weighted by molar-refractivity contribution is 9.10. The lowest BCUT2D eigenvalue weighted by Crippen LogP contribution is -2.22. The van der Waals surface area contributed by atoms with Crippen LogP contribution in [0.25, 0.3) is 0 Å². The van der Waals surface area contributed by atoms with Crippen LogP contribution in [-0.4, -0.2) is 24.8 Å². The fourth-order valence-corrected chi connectivity index (χ4v) is 2.23. The van der Waals surface area contributed by atoms with E-state index in [9.17, 15) is 0 Å². The van der Waals surface area contributed by atoms with Crippen molar-refractivity contribution in [2.24, 2.45) is 11.7 Å². The van der Waals surface area contributed by atoms with Crippen LogP contribution in [0.3, 0.4) is 0 Å². The van der Waals surface area contributed by atoms with Crippen LogP contribution in [0.15, 0.2) is 16.7 Å². The second-order valence-electron chi connectivity index (χ2n) is 4.19. The predicted octanol–water partition coefficient (Wildman–Crippen LogP) is 2.11. The molecule has 1 fully saturated rings. The third-order valence-corrected chi connectivity index (χ3v) is 3.34. The summed E-state index contributed by atoms with van der Waals surface area (Å²) in [6.45, 7) is 2.82. The first-order valence-corrected chi connectivity index (χ1v) is 6.64. The zero-order valence-electron chi connectivity index (χ0n) is 9.69. The molecular weight excluding hydrogens is 284 g/mol. The molecule has 0 unspecified atom stereocenters. The molecule has 1 saturated heterocycles. The Morgan fingerprint density at radius 2 is 2.24 bits per heavy atom. The Morgan fingerprint density at radius 1 is 1.47 bits per heavy atom. The summed E-state index contributed by atoms with van der Waals surface area (Å²) in [4.78, 5) is 4.25. The third kappa shape index (κ3) is 3.66. The number of hydrogen-bond donors (Lipinski definition) is 1. The van der Waals surface area contributed by atoms with E-state index in [1.165, 1.54) is 0 Å². The minimum absolute atomic E-state index is 0.440. The van der Waals surface area contributed by atoms with Gasteiger partial charge < -0.3 is 15.2 Å². The van der Waals surface area contributed by atoms with Gasteiger partial charge >= 0.3 is 0 Å². The Hall–Kier alpha value is -0.650. The minimum Gasteiger partial charge on any atom is -0.477 e. The van der Waals surface area contributed by atoms with Crippen LogP contribution < -0.4 is 10.5 Å². The molecule has 0 saturated carbocycles. The van der Waals surface area contributed by atoms with Crippen LogP contribution in [-0.2, 0) is 11.3 Å². The van der Waals surface area contributed by atoms with E-state index in [1.54, 1.807) is 6.20 Å². The molecule has 0 aromatic carbocycles. The molecule has 2 rings (SSSR count). The van der Waals surface area contributed by atoms with E-state index >= 15 is 0 Å². The summed E-state index contributed by atoms with van der Waals surface area (Å²) >= 11 is 3.37. The molecule has 17 heavy (non-hydrogen) atoms. The number of aromatic nitrogens is 1. The molecule has 1 aliphatic rings. The van der Waals surface area contributed by atoms with Gasteiger partial charge in [-0.05, 0) is 40.8 Å². The van der Waals surface area contributed by atoms with E-state index in [0.717, 1.165) is 36.1 Å². The fraction of sp³-hybridized carbons (Fsp3) is 0.583. The molecule has 0 amide bonds. The minimum atomic E-state index is 0.440. The summed E-state index contributed by atoms with van der Waals surface area (Å²) in [5, 5.41) is 0. The number of ether oxygens (including phenoxy) is 2. The zero-order valence-corrected chi connectivity index (χ0v) is 11.3. The average molecular weight is 301 g/mol. The number of nitrogens with two attached hydrogens (primary N) is 1. The van der Waals surface area contributed by atoms with E-state index in [4.69, 9.17) is 15.2 Å². The van der Waals surface area contributed by atoms with Crippen molar-refractivity contribution < 1.29 is 9.47 Å². The average Bonchev–Trinajstić information content (AvgIpc) is 2.38. The van der Waals surface area contributed by atoms with Gasteiger partial charge in [-0.2, -0.15) is 0 Å². The maximum absolute atomic E-state index is 5.76. The molecule has 5 heteroatoms. The molecule has 0 aliphatic carbocycles. The monoisotopic (exact) mass is 300 g/mol. The fourth-order valence-electron chi connectivity index (χ4n) is 1.85. The van der Waals surface area contributed by atoms with Gasteiger partial charge in [-0.3, -0.25) is 0 Å². The summed E-state index contributed by atoms with van der Waals surface area (Å²) in [5.41, 5.74) is 6.60. The highest BCUT2D eigenvalue weighted by atomic mass is 79.9. The Balaban J connectivity index is 1.93. The maximum atomic E-state index is 5.76. The zero-order chi connectivity index (χ0) is 12.1. The molecule has 1 aliphatic heterocycles. The van der Waals surface area contributed by atoms with Gasteiger partial charge in [0.1, 0.15) is 0 Å². The molecular formula is C12H17BrN2O2. The van der Waals surface area contributed by atoms with Crippen molar-refractivity contribution in [2.45, 2.75) is 19.4 Å². The third-order valence-electron chi connectivity index (χ3n) is 2.91. The van der Waals surface area contributed by atoms with Crippen LogP contribution in [0.2, 0.25) is 0 Å². The summed E-state index contributed by atoms with van der Waals surface area (Å²) in [5.74, 6) is 1.22. The van der Waals surface area contributed by atoms with Crippen LogP contribution in [0, 0.1) is 5.92 Å². The Labute approximate surface area is 110 Å². The summed E-state index contributed by atoms with van der Waals surface area (Å²) in [6.07, 6.45) is 3.86. The first-order valence-electron chi connectivity index (χ1n) is 5.84. The molecule has 0 spiro atoms. The van der Waals surface area contributed by atoms with Crippen molar-refractivity contribution in [2.75, 3.05) is 19.8 Å². The predicted molar refractivity (Wildman–Crippen MR) is 68.9 cm³/mol. The molecule has 0 bridgehead atoms. The number of hydrogen-bond acceptors (Lipinski definition) is 4. The molecule has 2 heterocycles. The molecule has 1 aromatic heterocycles. The standard InChI is InChI=1S/C12H17BrN2O2/c13-11-5-10(6-14)12(15-7-11)17-8-9-1-3-16-4-2-9/h5,7,9H,1-4,6,8,14H2. The van der Waals surface area contributed by atoms with Gasteiger partial charge in [0.15, 0.2) is 0 Å². The second kappa shape index (κ2) is 6.33. The van der Waals surface area contributed by atoms with Crippen LogP contribution in [0.4, 0.5) is 0 Å². The van der Waals surface area contributed by atoms with Gasteiger partial charge in [0.05, 0.1) is 6.61 Å². The molecule has 1 aromatic rings. The van der Waals surface area contributed by atoms with Crippen molar-refractivity contribution in [3.63, 3.8) is 0 Å². The number of nitrogens with zero attached hydrogens (tertiary/aromatic N) is 1. The van der Waals surface area contributed by atoms with Crippen LogP contribution >= 0.6 is 15.9 Å². The normalized spacial score (nSPS) is 17.1. The van der Waals surface area contributed by atoms with Crippen molar-refractivity contribution in [1.29, 1.82) is 0 Å². The van der Waals surface area contributed by atoms with Gasteiger partial charge in [0.2, 0.25) is 5.88 Å². The Morgan fingerprint density at radius 3 is 2.94 bits per heavy atom. The number of rotatable bonds is 4. The lowest BCUT2D eigenvalue weighted by Gasteiger charge is -2.22. The first-order chi connectivity index (χ1) is 8.29. The van der Waals surface area contributed by atoms with Crippen LogP contribution in [0.5, 0.6) is 5.88 Å². The largest absolute Gasteiger partial charge is 0.477 e. The Bertz CT molecular complexity index is 368. The quantitative estimate of drug-likeness (QED) is 0.925. The van der Waals surface area contributed by atoms with E-state index in [-0.39, 0.29) is 0 Å². The lowest BCUT2D eigenvalue weighted by atomic mass is 10.0. The molecule has 94 valence electrons. The van der Waals surface area contributed by atoms with E-state index in [1.807, 2.05) is 6.07 Å². The summed E-state index contributed by atoms with van der Waals surface area (Å²) in [7, 11) is 0. The van der Waals surface area contributed by atoms with E-state index < -0.39 is 0 Å². The van der Waals surface area contributed by atoms with Crippen molar-refractivity contribution in [3.8, 4) is 5.88 Å². The van der Waals surface area contributed by atoms with E-state index in [2.05, 4.69) is 20.9 Å². The van der Waals surface area contributed by atoms with Crippen molar-refractivity contribution in [3.05, 3.63) is 22.3 Å². The van der Waals surface area contributed by atoms with Gasteiger partial charge in [-0.15, -0.1) is 0 Å². The van der Waals surface area contributed by atoms with Gasteiger partial charge in [-0.1, -0.05) is 0 Å². The molecule has 4 nitrogen and oxygen atoms in total. The summed E-state index contributed by atoms with van der Waals surface area (Å²) in [6, 6.07) is 1.95. The topological polar surface area (TPSA) is 57.4 Å². The molecule has 0 radical (unpaired) electrons. The van der Waals surface area contributed by atoms with Crippen LogP contribution in [0.1, 0.15) is 18.4 Å². The van der Waals surface area contributed by atoms with Crippen molar-refractivity contribution >= 4 is 15.9 Å². The SMILES string of the molecule is NCc1cc(Br)cnc1OCC1CCOCC1. The van der Waals surface area contributed by atoms with Gasteiger partial charge in [0.25, 0.3) is 0 Å². The number of pyridine rings is 1. The second-order valence-corrected chi connectivity index (χ2v) is 5.10. The highest BCUT2D eigenvalue weighted by Gasteiger charge is 2.15. The Kier molecular flexibility index (Phi) is 4.76.